The number of anilines is 2. The van der Waals surface area contributed by atoms with Crippen LogP contribution in [0.5, 0.6) is 0 Å². The van der Waals surface area contributed by atoms with E-state index in [0.717, 1.165) is 6.42 Å². The van der Waals surface area contributed by atoms with Crippen LogP contribution in [0.1, 0.15) is 24.0 Å². The largest absolute Gasteiger partial charge is 0.368 e. The Bertz CT molecular complexity index is 975. The summed E-state index contributed by atoms with van der Waals surface area (Å²) in [6, 6.07) is 7.97. The number of benzene rings is 2. The summed E-state index contributed by atoms with van der Waals surface area (Å²) in [5.74, 6) is -0.206. The lowest BCUT2D eigenvalue weighted by Crippen LogP contribution is -2.26. The maximum absolute atomic E-state index is 12.8. The van der Waals surface area contributed by atoms with Gasteiger partial charge in [-0.1, -0.05) is 23.2 Å². The normalized spacial score (nSPS) is 16.8. The van der Waals surface area contributed by atoms with Crippen molar-refractivity contribution < 1.29 is 17.9 Å². The average Bonchev–Trinajstić information content (AvgIpc) is 3.16. The fraction of sp³-hybridized carbons (Fsp3) is 0.316. The Kier molecular flexibility index (Phi) is 6.19. The molecule has 1 atom stereocenters. The predicted octanol–water partition coefficient (Wildman–Crippen LogP) is 4.53. The number of sulfonamides is 1. The van der Waals surface area contributed by atoms with Gasteiger partial charge in [-0.15, -0.1) is 0 Å². The lowest BCUT2D eigenvalue weighted by molar-refractivity contribution is -0.124. The molecule has 1 aliphatic heterocycles. The molecule has 1 aliphatic rings. The molecule has 1 unspecified atom stereocenters. The van der Waals surface area contributed by atoms with Gasteiger partial charge in [0.1, 0.15) is 11.0 Å². The molecule has 3 rings (SSSR count). The highest BCUT2D eigenvalue weighted by Gasteiger charge is 2.25. The zero-order chi connectivity index (χ0) is 20.5. The van der Waals surface area contributed by atoms with E-state index < -0.39 is 16.1 Å². The van der Waals surface area contributed by atoms with Crippen LogP contribution >= 0.6 is 23.2 Å². The highest BCUT2D eigenvalue weighted by molar-refractivity contribution is 7.93. The predicted molar refractivity (Wildman–Crippen MR) is 111 cm³/mol. The van der Waals surface area contributed by atoms with Crippen LogP contribution in [0, 0.1) is 13.8 Å². The number of hydrogen-bond acceptors (Lipinski definition) is 4. The summed E-state index contributed by atoms with van der Waals surface area (Å²) in [6.45, 7) is 3.88. The first-order valence-electron chi connectivity index (χ1n) is 8.69. The molecule has 9 heteroatoms. The van der Waals surface area contributed by atoms with Crippen molar-refractivity contribution in [3.05, 3.63) is 51.5 Å². The molecule has 2 N–H and O–H groups in total. The van der Waals surface area contributed by atoms with Crippen molar-refractivity contribution >= 4 is 50.5 Å². The second-order valence-electron chi connectivity index (χ2n) is 6.62. The van der Waals surface area contributed by atoms with Crippen molar-refractivity contribution in [1.82, 2.24) is 0 Å². The average molecular weight is 443 g/mol. The first-order valence-corrected chi connectivity index (χ1v) is 10.9. The molecule has 1 saturated heterocycles. The number of carbonyl (C=O) groups excluding carboxylic acids is 1. The van der Waals surface area contributed by atoms with E-state index in [4.69, 9.17) is 27.9 Å². The molecule has 2 aromatic rings. The van der Waals surface area contributed by atoms with Gasteiger partial charge in [0, 0.05) is 23.0 Å². The Morgan fingerprint density at radius 1 is 1.14 bits per heavy atom. The molecule has 6 nitrogen and oxygen atoms in total. The molecule has 0 aliphatic carbocycles. The van der Waals surface area contributed by atoms with Crippen LogP contribution in [0.15, 0.2) is 35.2 Å². The number of ether oxygens (including phenoxy) is 1. The van der Waals surface area contributed by atoms with Gasteiger partial charge in [-0.3, -0.25) is 9.52 Å². The summed E-state index contributed by atoms with van der Waals surface area (Å²) >= 11 is 12.4. The second-order valence-corrected chi connectivity index (χ2v) is 9.02. The van der Waals surface area contributed by atoms with Crippen molar-refractivity contribution in [3.63, 3.8) is 0 Å². The van der Waals surface area contributed by atoms with Gasteiger partial charge in [-0.2, -0.15) is 0 Å². The van der Waals surface area contributed by atoms with Gasteiger partial charge in [0.2, 0.25) is 0 Å². The van der Waals surface area contributed by atoms with Crippen molar-refractivity contribution in [2.75, 3.05) is 16.6 Å². The molecule has 0 aromatic heterocycles. The lowest BCUT2D eigenvalue weighted by Gasteiger charge is -2.15. The molecule has 28 heavy (non-hydrogen) atoms. The van der Waals surface area contributed by atoms with E-state index in [2.05, 4.69) is 10.0 Å². The number of halogens is 2. The molecule has 0 spiro atoms. The van der Waals surface area contributed by atoms with Crippen molar-refractivity contribution in [1.29, 1.82) is 0 Å². The molecule has 0 radical (unpaired) electrons. The van der Waals surface area contributed by atoms with Crippen LogP contribution in [0.3, 0.4) is 0 Å². The summed E-state index contributed by atoms with van der Waals surface area (Å²) in [4.78, 5) is 12.0. The fourth-order valence-corrected chi connectivity index (χ4v) is 5.24. The van der Waals surface area contributed by atoms with E-state index in [1.165, 1.54) is 0 Å². The number of hydrogen-bond donors (Lipinski definition) is 2. The molecule has 0 bridgehead atoms. The van der Waals surface area contributed by atoms with Crippen LogP contribution in [-0.2, 0) is 19.6 Å². The van der Waals surface area contributed by atoms with Crippen LogP contribution < -0.4 is 10.0 Å². The minimum Gasteiger partial charge on any atom is -0.368 e. The van der Waals surface area contributed by atoms with Crippen LogP contribution in [0.4, 0.5) is 11.4 Å². The van der Waals surface area contributed by atoms with Gasteiger partial charge in [0.25, 0.3) is 15.9 Å². The lowest BCUT2D eigenvalue weighted by atomic mass is 10.2. The van der Waals surface area contributed by atoms with E-state index in [-0.39, 0.29) is 15.8 Å². The number of nitrogens with one attached hydrogen (secondary N) is 2. The Balaban J connectivity index is 1.77. The number of aryl methyl sites for hydroxylation is 1. The Morgan fingerprint density at radius 3 is 2.39 bits per heavy atom. The topological polar surface area (TPSA) is 84.5 Å². The zero-order valence-electron chi connectivity index (χ0n) is 15.4. The van der Waals surface area contributed by atoms with Gasteiger partial charge in [0.15, 0.2) is 0 Å². The first-order chi connectivity index (χ1) is 13.2. The molecular weight excluding hydrogens is 423 g/mol. The maximum atomic E-state index is 12.8. The smallest absolute Gasteiger partial charge is 0.263 e. The summed E-state index contributed by atoms with van der Waals surface area (Å²) in [5, 5.41) is 3.22. The number of rotatable bonds is 5. The minimum absolute atomic E-state index is 0.0464. The van der Waals surface area contributed by atoms with Crippen molar-refractivity contribution in [2.24, 2.45) is 0 Å². The Morgan fingerprint density at radius 2 is 1.79 bits per heavy atom. The highest BCUT2D eigenvalue weighted by atomic mass is 35.5. The molecule has 0 saturated carbocycles. The summed E-state index contributed by atoms with van der Waals surface area (Å²) in [6.07, 6.45) is 1.13. The third kappa shape index (κ3) is 4.43. The monoisotopic (exact) mass is 442 g/mol. The fourth-order valence-electron chi connectivity index (χ4n) is 2.97. The van der Waals surface area contributed by atoms with Gasteiger partial charge in [0.05, 0.1) is 5.02 Å². The van der Waals surface area contributed by atoms with E-state index in [1.807, 2.05) is 0 Å². The molecular formula is C19H20Cl2N2O4S. The van der Waals surface area contributed by atoms with E-state index in [9.17, 15) is 13.2 Å². The van der Waals surface area contributed by atoms with Crippen molar-refractivity contribution in [2.45, 2.75) is 37.7 Å². The van der Waals surface area contributed by atoms with E-state index in [0.29, 0.717) is 40.6 Å². The molecule has 1 amide bonds. The molecule has 150 valence electrons. The van der Waals surface area contributed by atoms with E-state index >= 15 is 0 Å². The third-order valence-electron chi connectivity index (χ3n) is 4.48. The SMILES string of the molecule is Cc1cc(Cl)c(C)c(S(=O)(=O)Nc2ccc(NC(=O)C3CCCO3)cc2)c1Cl. The van der Waals surface area contributed by atoms with Crippen LogP contribution in [0.2, 0.25) is 10.0 Å². The van der Waals surface area contributed by atoms with Gasteiger partial charge >= 0.3 is 0 Å². The summed E-state index contributed by atoms with van der Waals surface area (Å²) < 4.78 is 33.5. The standard InChI is InChI=1S/C19H20Cl2N2O4S/c1-11-10-15(20)12(2)18(17(11)21)28(25,26)23-14-7-5-13(6-8-14)22-19(24)16-4-3-9-27-16/h5-8,10,16,23H,3-4,9H2,1-2H3,(H,22,24). The first kappa shape index (κ1) is 20.9. The molecule has 1 fully saturated rings. The van der Waals surface area contributed by atoms with Crippen LogP contribution in [-0.4, -0.2) is 27.0 Å². The Labute approximate surface area is 174 Å². The molecule has 2 aromatic carbocycles. The van der Waals surface area contributed by atoms with Crippen molar-refractivity contribution in [3.8, 4) is 0 Å². The summed E-state index contributed by atoms with van der Waals surface area (Å²) in [7, 11) is -3.94. The quantitative estimate of drug-likeness (QED) is 0.711. The van der Waals surface area contributed by atoms with Gasteiger partial charge < -0.3 is 10.1 Å². The molecule has 1 heterocycles. The highest BCUT2D eigenvalue weighted by Crippen LogP contribution is 2.34. The zero-order valence-corrected chi connectivity index (χ0v) is 17.7. The minimum atomic E-state index is -3.94. The summed E-state index contributed by atoms with van der Waals surface area (Å²) in [5.41, 5.74) is 1.84. The van der Waals surface area contributed by atoms with Gasteiger partial charge in [-0.05, 0) is 68.1 Å². The Hall–Kier alpha value is -1.80. The number of carbonyl (C=O) groups is 1. The second kappa shape index (κ2) is 8.29. The number of amides is 1. The van der Waals surface area contributed by atoms with Gasteiger partial charge in [-0.25, -0.2) is 8.42 Å². The van der Waals surface area contributed by atoms with E-state index in [1.54, 1.807) is 44.2 Å². The third-order valence-corrected chi connectivity index (χ3v) is 7.03. The maximum Gasteiger partial charge on any atom is 0.263 e. The van der Waals surface area contributed by atoms with Crippen LogP contribution in [0.25, 0.3) is 0 Å².